The highest BCUT2D eigenvalue weighted by molar-refractivity contribution is 7.99. The summed E-state index contributed by atoms with van der Waals surface area (Å²) in [6, 6.07) is 14.2. The maximum atomic E-state index is 12.7. The molecule has 7 nitrogen and oxygen atoms in total. The van der Waals surface area contributed by atoms with Crippen LogP contribution in [-0.4, -0.2) is 36.2 Å². The number of thioether (sulfide) groups is 1. The van der Waals surface area contributed by atoms with E-state index in [1.165, 1.54) is 11.8 Å². The van der Waals surface area contributed by atoms with Crippen LogP contribution in [0.15, 0.2) is 53.4 Å². The summed E-state index contributed by atoms with van der Waals surface area (Å²) in [5, 5.41) is 7.76. The lowest BCUT2D eigenvalue weighted by atomic mass is 10.1. The summed E-state index contributed by atoms with van der Waals surface area (Å²) < 4.78 is 5.19. The molecule has 1 aliphatic heterocycles. The van der Waals surface area contributed by atoms with Crippen LogP contribution in [0.25, 0.3) is 0 Å². The predicted octanol–water partition coefficient (Wildman–Crippen LogP) is 2.32. The monoisotopic (exact) mass is 399 g/mol. The lowest BCUT2D eigenvalue weighted by molar-refractivity contribution is -0.122. The second-order valence-electron chi connectivity index (χ2n) is 6.56. The van der Waals surface area contributed by atoms with E-state index < -0.39 is 11.6 Å². The van der Waals surface area contributed by atoms with Gasteiger partial charge in [0.2, 0.25) is 0 Å². The van der Waals surface area contributed by atoms with Gasteiger partial charge in [0, 0.05) is 17.2 Å². The number of ether oxygens (including phenoxy) is 1. The molecule has 146 valence electrons. The van der Waals surface area contributed by atoms with Crippen LogP contribution in [0.2, 0.25) is 0 Å². The topological polar surface area (TPSA) is 96.5 Å². The standard InChI is InChI=1S/C20H21N3O4S/c1-20(18(25)22-19(26)23-20)12-28-16-9-4-3-8-15(16)17(24)21-11-13-6-5-7-14(10-13)27-2/h3-10H,11-12H2,1-2H3,(H,21,24)(H2,22,23,25,26)/t20-/m1/s1. The van der Waals surface area contributed by atoms with Crippen molar-refractivity contribution in [2.45, 2.75) is 23.9 Å². The van der Waals surface area contributed by atoms with E-state index >= 15 is 0 Å². The first kappa shape index (κ1) is 19.8. The normalized spacial score (nSPS) is 18.4. The van der Waals surface area contributed by atoms with E-state index in [0.717, 1.165) is 16.2 Å². The van der Waals surface area contributed by atoms with Crippen LogP contribution in [0.4, 0.5) is 4.79 Å². The molecule has 28 heavy (non-hydrogen) atoms. The first-order valence-corrected chi connectivity index (χ1v) is 9.66. The van der Waals surface area contributed by atoms with Crippen LogP contribution in [0, 0.1) is 0 Å². The number of rotatable bonds is 7. The summed E-state index contributed by atoms with van der Waals surface area (Å²) in [5.41, 5.74) is 0.436. The molecule has 8 heteroatoms. The van der Waals surface area contributed by atoms with Crippen LogP contribution in [0.3, 0.4) is 0 Å². The van der Waals surface area contributed by atoms with Gasteiger partial charge in [0.15, 0.2) is 0 Å². The van der Waals surface area contributed by atoms with E-state index in [1.54, 1.807) is 26.2 Å². The second kappa shape index (κ2) is 8.35. The fraction of sp³-hybridized carbons (Fsp3) is 0.250. The van der Waals surface area contributed by atoms with Crippen molar-refractivity contribution >= 4 is 29.6 Å². The zero-order valence-corrected chi connectivity index (χ0v) is 16.4. The molecule has 1 atom stereocenters. The molecule has 2 aromatic carbocycles. The Balaban J connectivity index is 1.66. The zero-order valence-electron chi connectivity index (χ0n) is 15.6. The van der Waals surface area contributed by atoms with Crippen molar-refractivity contribution < 1.29 is 19.1 Å². The van der Waals surface area contributed by atoms with E-state index in [-0.39, 0.29) is 11.8 Å². The minimum atomic E-state index is -1.01. The number of imide groups is 1. The lowest BCUT2D eigenvalue weighted by Gasteiger charge is -2.20. The minimum absolute atomic E-state index is 0.212. The summed E-state index contributed by atoms with van der Waals surface area (Å²) in [7, 11) is 1.60. The number of urea groups is 1. The Morgan fingerprint density at radius 1 is 1.18 bits per heavy atom. The van der Waals surface area contributed by atoms with Gasteiger partial charge in [0.05, 0.1) is 12.7 Å². The number of hydrogen-bond donors (Lipinski definition) is 3. The largest absolute Gasteiger partial charge is 0.497 e. The van der Waals surface area contributed by atoms with Crippen molar-refractivity contribution in [3.05, 3.63) is 59.7 Å². The molecule has 3 N–H and O–H groups in total. The molecule has 3 rings (SSSR count). The summed E-state index contributed by atoms with van der Waals surface area (Å²) in [6.45, 7) is 2.02. The quantitative estimate of drug-likeness (QED) is 0.490. The number of hydrogen-bond acceptors (Lipinski definition) is 5. The number of amides is 4. The van der Waals surface area contributed by atoms with Gasteiger partial charge in [-0.05, 0) is 36.8 Å². The van der Waals surface area contributed by atoms with E-state index in [2.05, 4.69) is 16.0 Å². The molecule has 1 aliphatic rings. The van der Waals surface area contributed by atoms with E-state index in [4.69, 9.17) is 4.74 Å². The number of carbonyl (C=O) groups is 3. The molecule has 1 heterocycles. The Kier molecular flexibility index (Phi) is 5.89. The van der Waals surface area contributed by atoms with Gasteiger partial charge in [-0.3, -0.25) is 14.9 Å². The Morgan fingerprint density at radius 2 is 1.96 bits per heavy atom. The Morgan fingerprint density at radius 3 is 2.68 bits per heavy atom. The van der Waals surface area contributed by atoms with Crippen LogP contribution >= 0.6 is 11.8 Å². The Labute approximate surface area is 167 Å². The zero-order chi connectivity index (χ0) is 20.1. The molecule has 0 aliphatic carbocycles. The first-order chi connectivity index (χ1) is 13.4. The maximum absolute atomic E-state index is 12.7. The summed E-state index contributed by atoms with van der Waals surface area (Å²) >= 11 is 1.35. The third kappa shape index (κ3) is 4.45. The molecule has 4 amide bonds. The number of carbonyl (C=O) groups excluding carboxylic acids is 3. The van der Waals surface area contributed by atoms with Crippen molar-refractivity contribution in [1.29, 1.82) is 0 Å². The van der Waals surface area contributed by atoms with Crippen molar-refractivity contribution in [2.75, 3.05) is 12.9 Å². The number of benzene rings is 2. The molecule has 0 saturated carbocycles. The molecule has 0 spiro atoms. The predicted molar refractivity (Wildman–Crippen MR) is 106 cm³/mol. The Bertz CT molecular complexity index is 918. The van der Waals surface area contributed by atoms with Gasteiger partial charge in [-0.1, -0.05) is 24.3 Å². The van der Waals surface area contributed by atoms with Gasteiger partial charge in [-0.15, -0.1) is 11.8 Å². The lowest BCUT2D eigenvalue weighted by Crippen LogP contribution is -2.46. The van der Waals surface area contributed by atoms with Crippen molar-refractivity contribution in [3.63, 3.8) is 0 Å². The highest BCUT2D eigenvalue weighted by Crippen LogP contribution is 2.27. The van der Waals surface area contributed by atoms with Gasteiger partial charge in [-0.25, -0.2) is 4.79 Å². The van der Waals surface area contributed by atoms with Crippen LogP contribution < -0.4 is 20.7 Å². The second-order valence-corrected chi connectivity index (χ2v) is 7.58. The van der Waals surface area contributed by atoms with Crippen LogP contribution in [0.1, 0.15) is 22.8 Å². The van der Waals surface area contributed by atoms with Crippen LogP contribution in [-0.2, 0) is 11.3 Å². The van der Waals surface area contributed by atoms with Crippen molar-refractivity contribution in [2.24, 2.45) is 0 Å². The van der Waals surface area contributed by atoms with Crippen LogP contribution in [0.5, 0.6) is 5.75 Å². The third-order valence-corrected chi connectivity index (χ3v) is 5.74. The number of nitrogens with one attached hydrogen (secondary N) is 3. The third-order valence-electron chi connectivity index (χ3n) is 4.35. The summed E-state index contributed by atoms with van der Waals surface area (Å²) in [4.78, 5) is 36.8. The van der Waals surface area contributed by atoms with Gasteiger partial charge >= 0.3 is 6.03 Å². The molecule has 0 radical (unpaired) electrons. The maximum Gasteiger partial charge on any atom is 0.322 e. The molecule has 1 saturated heterocycles. The highest BCUT2D eigenvalue weighted by Gasteiger charge is 2.41. The molecule has 2 aromatic rings. The molecule has 0 unspecified atom stereocenters. The van der Waals surface area contributed by atoms with E-state index in [0.29, 0.717) is 17.9 Å². The van der Waals surface area contributed by atoms with E-state index in [9.17, 15) is 14.4 Å². The number of methoxy groups -OCH3 is 1. The molecular weight excluding hydrogens is 378 g/mol. The molecular formula is C20H21N3O4S. The average Bonchev–Trinajstić information content (AvgIpc) is 2.96. The molecule has 1 fully saturated rings. The van der Waals surface area contributed by atoms with E-state index in [1.807, 2.05) is 36.4 Å². The fourth-order valence-corrected chi connectivity index (χ4v) is 3.88. The van der Waals surface area contributed by atoms with Crippen molar-refractivity contribution in [3.8, 4) is 5.75 Å². The summed E-state index contributed by atoms with van der Waals surface area (Å²) in [6.07, 6.45) is 0. The Hall–Kier alpha value is -3.00. The SMILES string of the molecule is COc1cccc(CNC(=O)c2ccccc2SC[C@@]2(C)NC(=O)NC2=O)c1. The van der Waals surface area contributed by atoms with Crippen molar-refractivity contribution in [1.82, 2.24) is 16.0 Å². The van der Waals surface area contributed by atoms with Gasteiger partial charge in [0.25, 0.3) is 11.8 Å². The van der Waals surface area contributed by atoms with Gasteiger partial charge < -0.3 is 15.4 Å². The first-order valence-electron chi connectivity index (χ1n) is 8.68. The average molecular weight is 399 g/mol. The fourth-order valence-electron chi connectivity index (χ4n) is 2.74. The van der Waals surface area contributed by atoms with Gasteiger partial charge in [-0.2, -0.15) is 0 Å². The smallest absolute Gasteiger partial charge is 0.322 e. The van der Waals surface area contributed by atoms with Gasteiger partial charge in [0.1, 0.15) is 11.3 Å². The highest BCUT2D eigenvalue weighted by atomic mass is 32.2. The molecule has 0 bridgehead atoms. The molecule has 0 aromatic heterocycles. The minimum Gasteiger partial charge on any atom is -0.497 e. The summed E-state index contributed by atoms with van der Waals surface area (Å²) in [5.74, 6) is 0.457.